The van der Waals surface area contributed by atoms with Gasteiger partial charge in [0.15, 0.2) is 0 Å². The molecule has 0 aliphatic rings. The summed E-state index contributed by atoms with van der Waals surface area (Å²) in [5.74, 6) is 0. The van der Waals surface area contributed by atoms with Crippen molar-refractivity contribution >= 4 is 0 Å². The second kappa shape index (κ2) is 4.90. The standard InChI is InChI=1S/C14H14FN/c15-14(10-16)13-9-5-4-8-12(13)11-6-2-1-3-7-11/h1-9,14H,10,16H2. The number of hydrogen-bond acceptors (Lipinski definition) is 1. The van der Waals surface area contributed by atoms with E-state index in [9.17, 15) is 4.39 Å². The Morgan fingerprint density at radius 3 is 2.25 bits per heavy atom. The van der Waals surface area contributed by atoms with Gasteiger partial charge in [0.2, 0.25) is 0 Å². The first-order valence-electron chi connectivity index (χ1n) is 5.31. The van der Waals surface area contributed by atoms with Gasteiger partial charge in [-0.25, -0.2) is 4.39 Å². The highest BCUT2D eigenvalue weighted by Crippen LogP contribution is 2.29. The summed E-state index contributed by atoms with van der Waals surface area (Å²) in [5.41, 5.74) is 7.98. The van der Waals surface area contributed by atoms with Crippen LogP contribution in [0.4, 0.5) is 4.39 Å². The van der Waals surface area contributed by atoms with Crippen LogP contribution in [-0.2, 0) is 0 Å². The smallest absolute Gasteiger partial charge is 0.138 e. The molecule has 82 valence electrons. The van der Waals surface area contributed by atoms with E-state index in [1.165, 1.54) is 0 Å². The van der Waals surface area contributed by atoms with E-state index in [-0.39, 0.29) is 6.54 Å². The zero-order valence-electron chi connectivity index (χ0n) is 8.94. The maximum absolute atomic E-state index is 13.7. The van der Waals surface area contributed by atoms with Gasteiger partial charge in [0.05, 0.1) is 0 Å². The molecule has 0 radical (unpaired) electrons. The quantitative estimate of drug-likeness (QED) is 0.835. The van der Waals surface area contributed by atoms with Crippen LogP contribution in [0.2, 0.25) is 0 Å². The third-order valence-electron chi connectivity index (χ3n) is 2.59. The molecule has 1 unspecified atom stereocenters. The van der Waals surface area contributed by atoms with Crippen molar-refractivity contribution in [2.75, 3.05) is 6.54 Å². The summed E-state index contributed by atoms with van der Waals surface area (Å²) in [4.78, 5) is 0. The molecule has 2 heteroatoms. The minimum absolute atomic E-state index is 0.0177. The van der Waals surface area contributed by atoms with E-state index in [1.807, 2.05) is 48.5 Å². The summed E-state index contributed by atoms with van der Waals surface area (Å²) in [7, 11) is 0. The summed E-state index contributed by atoms with van der Waals surface area (Å²) in [6.07, 6.45) is -1.10. The summed E-state index contributed by atoms with van der Waals surface area (Å²) < 4.78 is 13.7. The predicted octanol–water partition coefficient (Wildman–Crippen LogP) is 3.32. The van der Waals surface area contributed by atoms with E-state index in [2.05, 4.69) is 0 Å². The number of nitrogens with two attached hydrogens (primary N) is 1. The fourth-order valence-corrected chi connectivity index (χ4v) is 1.78. The van der Waals surface area contributed by atoms with Crippen LogP contribution >= 0.6 is 0 Å². The van der Waals surface area contributed by atoms with Crippen molar-refractivity contribution in [2.45, 2.75) is 6.17 Å². The van der Waals surface area contributed by atoms with Gasteiger partial charge < -0.3 is 5.73 Å². The molecule has 1 nitrogen and oxygen atoms in total. The lowest BCUT2D eigenvalue weighted by Gasteiger charge is -2.12. The first-order chi connectivity index (χ1) is 7.83. The number of halogens is 1. The molecule has 0 spiro atoms. The summed E-state index contributed by atoms with van der Waals surface area (Å²) in [5, 5.41) is 0. The van der Waals surface area contributed by atoms with Gasteiger partial charge in [-0.15, -0.1) is 0 Å². The molecular formula is C14H14FN. The van der Waals surface area contributed by atoms with Crippen molar-refractivity contribution in [2.24, 2.45) is 5.73 Å². The Morgan fingerprint density at radius 1 is 0.938 bits per heavy atom. The highest BCUT2D eigenvalue weighted by Gasteiger charge is 2.12. The van der Waals surface area contributed by atoms with Gasteiger partial charge in [-0.2, -0.15) is 0 Å². The van der Waals surface area contributed by atoms with Crippen LogP contribution < -0.4 is 5.73 Å². The van der Waals surface area contributed by atoms with Crippen molar-refractivity contribution < 1.29 is 4.39 Å². The van der Waals surface area contributed by atoms with Crippen molar-refractivity contribution in [1.82, 2.24) is 0 Å². The minimum atomic E-state index is -1.10. The van der Waals surface area contributed by atoms with Gasteiger partial charge >= 0.3 is 0 Å². The van der Waals surface area contributed by atoms with E-state index in [0.717, 1.165) is 11.1 Å². The lowest BCUT2D eigenvalue weighted by Crippen LogP contribution is -2.08. The van der Waals surface area contributed by atoms with Crippen molar-refractivity contribution in [3.63, 3.8) is 0 Å². The lowest BCUT2D eigenvalue weighted by molar-refractivity contribution is 0.354. The minimum Gasteiger partial charge on any atom is -0.327 e. The third-order valence-corrected chi connectivity index (χ3v) is 2.59. The van der Waals surface area contributed by atoms with E-state index in [0.29, 0.717) is 5.56 Å². The molecule has 1 atom stereocenters. The van der Waals surface area contributed by atoms with Crippen LogP contribution in [0.3, 0.4) is 0 Å². The zero-order chi connectivity index (χ0) is 11.4. The van der Waals surface area contributed by atoms with E-state index in [4.69, 9.17) is 5.73 Å². The van der Waals surface area contributed by atoms with Crippen molar-refractivity contribution in [3.8, 4) is 11.1 Å². The van der Waals surface area contributed by atoms with Crippen LogP contribution in [0.15, 0.2) is 54.6 Å². The average Bonchev–Trinajstić information content (AvgIpc) is 2.39. The monoisotopic (exact) mass is 215 g/mol. The van der Waals surface area contributed by atoms with Crippen LogP contribution in [0.1, 0.15) is 11.7 Å². The fraction of sp³-hybridized carbons (Fsp3) is 0.143. The van der Waals surface area contributed by atoms with Crippen molar-refractivity contribution in [1.29, 1.82) is 0 Å². The van der Waals surface area contributed by atoms with E-state index >= 15 is 0 Å². The van der Waals surface area contributed by atoms with Gasteiger partial charge in [0, 0.05) is 6.54 Å². The molecule has 0 heterocycles. The molecule has 2 N–H and O–H groups in total. The molecule has 2 rings (SSSR count). The molecule has 2 aromatic carbocycles. The highest BCUT2D eigenvalue weighted by atomic mass is 19.1. The zero-order valence-corrected chi connectivity index (χ0v) is 8.94. The molecular weight excluding hydrogens is 201 g/mol. The average molecular weight is 215 g/mol. The molecule has 0 amide bonds. The van der Waals surface area contributed by atoms with Gasteiger partial charge in [-0.3, -0.25) is 0 Å². The number of hydrogen-bond donors (Lipinski definition) is 1. The molecule has 0 aromatic heterocycles. The van der Waals surface area contributed by atoms with Gasteiger partial charge in [0.1, 0.15) is 6.17 Å². The number of alkyl halides is 1. The highest BCUT2D eigenvalue weighted by molar-refractivity contribution is 5.67. The summed E-state index contributed by atoms with van der Waals surface area (Å²) >= 11 is 0. The normalized spacial score (nSPS) is 12.4. The second-order valence-electron chi connectivity index (χ2n) is 3.66. The molecule has 0 aliphatic carbocycles. The van der Waals surface area contributed by atoms with Crippen LogP contribution in [0, 0.1) is 0 Å². The first kappa shape index (κ1) is 10.8. The molecule has 2 aromatic rings. The van der Waals surface area contributed by atoms with Gasteiger partial charge in [0.25, 0.3) is 0 Å². The van der Waals surface area contributed by atoms with Gasteiger partial charge in [-0.1, -0.05) is 54.6 Å². The summed E-state index contributed by atoms with van der Waals surface area (Å²) in [6.45, 7) is 0.0177. The maximum atomic E-state index is 13.7. The maximum Gasteiger partial charge on any atom is 0.138 e. The number of benzene rings is 2. The Morgan fingerprint density at radius 2 is 1.56 bits per heavy atom. The Labute approximate surface area is 94.7 Å². The Bertz CT molecular complexity index is 453. The predicted molar refractivity (Wildman–Crippen MR) is 64.8 cm³/mol. The lowest BCUT2D eigenvalue weighted by atomic mass is 9.97. The molecule has 16 heavy (non-hydrogen) atoms. The Balaban J connectivity index is 2.49. The molecule has 0 fully saturated rings. The Hall–Kier alpha value is -1.67. The van der Waals surface area contributed by atoms with Crippen LogP contribution in [0.25, 0.3) is 11.1 Å². The molecule has 0 saturated carbocycles. The van der Waals surface area contributed by atoms with E-state index in [1.54, 1.807) is 6.07 Å². The fourth-order valence-electron chi connectivity index (χ4n) is 1.78. The van der Waals surface area contributed by atoms with Crippen LogP contribution in [0.5, 0.6) is 0 Å². The first-order valence-corrected chi connectivity index (χ1v) is 5.31. The number of rotatable bonds is 3. The van der Waals surface area contributed by atoms with E-state index < -0.39 is 6.17 Å². The van der Waals surface area contributed by atoms with Crippen molar-refractivity contribution in [3.05, 3.63) is 60.2 Å². The third kappa shape index (κ3) is 2.12. The van der Waals surface area contributed by atoms with Gasteiger partial charge in [-0.05, 0) is 16.7 Å². The topological polar surface area (TPSA) is 26.0 Å². The second-order valence-corrected chi connectivity index (χ2v) is 3.66. The van der Waals surface area contributed by atoms with Crippen LogP contribution in [-0.4, -0.2) is 6.54 Å². The largest absolute Gasteiger partial charge is 0.327 e. The summed E-state index contributed by atoms with van der Waals surface area (Å²) in [6, 6.07) is 17.3. The molecule has 0 saturated heterocycles. The Kier molecular flexibility index (Phi) is 3.32. The SMILES string of the molecule is NCC(F)c1ccccc1-c1ccccc1. The molecule has 0 aliphatic heterocycles. The molecule has 0 bridgehead atoms.